The Morgan fingerprint density at radius 1 is 1.17 bits per heavy atom. The molecule has 1 aromatic carbocycles. The lowest BCUT2D eigenvalue weighted by Gasteiger charge is -1.78. The first kappa shape index (κ1) is 9.68. The van der Waals surface area contributed by atoms with Crippen molar-refractivity contribution in [3.05, 3.63) is 47.6 Å². The molecule has 1 aliphatic heterocycles. The van der Waals surface area contributed by atoms with Gasteiger partial charge in [-0.05, 0) is 17.5 Å². The van der Waals surface area contributed by atoms with Gasteiger partial charge >= 0.3 is 0 Å². The van der Waals surface area contributed by atoms with E-state index in [0.717, 1.165) is 0 Å². The fourth-order valence-electron chi connectivity index (χ4n) is 0.611. The molecular weight excluding hydrogens is 191 g/mol. The molecule has 12 heavy (non-hydrogen) atoms. The molecule has 2 rings (SSSR count). The first-order valence-electron chi connectivity index (χ1n) is 3.53. The van der Waals surface area contributed by atoms with Crippen LogP contribution in [-0.4, -0.2) is 5.75 Å². The van der Waals surface area contributed by atoms with E-state index < -0.39 is 0 Å². The van der Waals surface area contributed by atoms with Crippen LogP contribution in [0.3, 0.4) is 0 Å². The Labute approximate surface area is 79.6 Å². The topological polar surface area (TPSA) is 0 Å². The van der Waals surface area contributed by atoms with Crippen LogP contribution < -0.4 is 0 Å². The predicted octanol–water partition coefficient (Wildman–Crippen LogP) is 3.72. The number of hydrogen-bond donors (Lipinski definition) is 0. The third-order valence-electron chi connectivity index (χ3n) is 1.12. The van der Waals surface area contributed by atoms with E-state index in [0.29, 0.717) is 0 Å². The summed E-state index contributed by atoms with van der Waals surface area (Å²) >= 11 is 0. The Hall–Kier alpha value is -0.410. The number of benzene rings is 1. The molecule has 0 spiro atoms. The molecule has 1 aromatic rings. The predicted molar refractivity (Wildman–Crippen MR) is 55.6 cm³/mol. The molecule has 0 aromatic heterocycles. The number of rotatable bonds is 0. The average Bonchev–Trinajstić information content (AvgIpc) is 2.62. The summed E-state index contributed by atoms with van der Waals surface area (Å²) in [5.74, 6) is 1.02. The van der Waals surface area contributed by atoms with Gasteiger partial charge in [-0.15, -0.1) is 0 Å². The van der Waals surface area contributed by atoms with Crippen molar-refractivity contribution < 1.29 is 4.39 Å². The van der Waals surface area contributed by atoms with Gasteiger partial charge in [0.05, 0.1) is 0 Å². The van der Waals surface area contributed by atoms with Crippen molar-refractivity contribution in [3.63, 3.8) is 0 Å². The van der Waals surface area contributed by atoms with Crippen LogP contribution in [0.5, 0.6) is 0 Å². The zero-order valence-electron chi connectivity index (χ0n) is 6.44. The van der Waals surface area contributed by atoms with Gasteiger partial charge in [0.25, 0.3) is 0 Å². The Balaban J connectivity index is 0.000000127. The van der Waals surface area contributed by atoms with Gasteiger partial charge in [-0.25, -0.2) is 4.39 Å². The molecule has 0 atom stereocenters. The Morgan fingerprint density at radius 3 is 2.17 bits per heavy atom. The smallest absolute Gasteiger partial charge is 0.123 e. The second kappa shape index (κ2) is 6.14. The monoisotopic (exact) mass is 200 g/mol. The van der Waals surface area contributed by atoms with Crippen LogP contribution in [0.1, 0.15) is 0 Å². The molecule has 0 unspecified atom stereocenters. The van der Waals surface area contributed by atoms with Gasteiger partial charge in [0.2, 0.25) is 0 Å². The van der Waals surface area contributed by atoms with Crippen molar-refractivity contribution in [1.29, 1.82) is 0 Å². The summed E-state index contributed by atoms with van der Waals surface area (Å²) in [6.45, 7) is 0. The molecule has 0 saturated carbocycles. The van der Waals surface area contributed by atoms with Gasteiger partial charge in [-0.1, -0.05) is 45.9 Å². The molecule has 0 amide bonds. The van der Waals surface area contributed by atoms with Gasteiger partial charge in [-0.3, -0.25) is 0 Å². The lowest BCUT2D eigenvalue weighted by Crippen LogP contribution is -1.63. The highest BCUT2D eigenvalue weighted by Crippen LogP contribution is 2.27. The molecule has 3 heteroatoms. The second-order valence-electron chi connectivity index (χ2n) is 2.05. The standard InChI is InChI=1S/C6H5F.C3H4S2/c7-6-4-2-1-3-5-6;1-2-4-5-3-1/h1-5H;1-2H,3H2. The van der Waals surface area contributed by atoms with Crippen molar-refractivity contribution in [2.24, 2.45) is 0 Å². The minimum absolute atomic E-state index is 0.178. The summed E-state index contributed by atoms with van der Waals surface area (Å²) in [5, 5.41) is 2.12. The van der Waals surface area contributed by atoms with Crippen LogP contribution in [0.15, 0.2) is 41.8 Å². The summed E-state index contributed by atoms with van der Waals surface area (Å²) < 4.78 is 11.9. The minimum atomic E-state index is -0.178. The normalized spacial score (nSPS) is 13.8. The zero-order chi connectivity index (χ0) is 8.65. The van der Waals surface area contributed by atoms with Gasteiger partial charge in [-0.2, -0.15) is 0 Å². The summed E-state index contributed by atoms with van der Waals surface area (Å²) in [4.78, 5) is 0. The maximum absolute atomic E-state index is 11.9. The van der Waals surface area contributed by atoms with Gasteiger partial charge in [0.1, 0.15) is 5.82 Å². The van der Waals surface area contributed by atoms with Gasteiger partial charge < -0.3 is 0 Å². The third-order valence-corrected chi connectivity index (χ3v) is 3.04. The Morgan fingerprint density at radius 2 is 1.92 bits per heavy atom. The van der Waals surface area contributed by atoms with E-state index in [1.807, 2.05) is 21.6 Å². The van der Waals surface area contributed by atoms with E-state index in [-0.39, 0.29) is 5.82 Å². The fraction of sp³-hybridized carbons (Fsp3) is 0.111. The average molecular weight is 200 g/mol. The van der Waals surface area contributed by atoms with Crippen molar-refractivity contribution in [2.75, 3.05) is 5.75 Å². The largest absolute Gasteiger partial charge is 0.207 e. The van der Waals surface area contributed by atoms with Gasteiger partial charge in [0.15, 0.2) is 0 Å². The van der Waals surface area contributed by atoms with Crippen LogP contribution in [0, 0.1) is 5.82 Å². The fourth-order valence-corrected chi connectivity index (χ4v) is 2.18. The van der Waals surface area contributed by atoms with E-state index in [4.69, 9.17) is 0 Å². The van der Waals surface area contributed by atoms with E-state index >= 15 is 0 Å². The molecular formula is C9H9FS2. The van der Waals surface area contributed by atoms with Crippen LogP contribution in [0.4, 0.5) is 4.39 Å². The third kappa shape index (κ3) is 4.46. The van der Waals surface area contributed by atoms with E-state index in [1.54, 1.807) is 18.2 Å². The second-order valence-corrected chi connectivity index (χ2v) is 4.37. The Bertz CT molecular complexity index is 228. The zero-order valence-corrected chi connectivity index (χ0v) is 8.08. The number of halogens is 1. The van der Waals surface area contributed by atoms with E-state index in [2.05, 4.69) is 11.5 Å². The number of hydrogen-bond acceptors (Lipinski definition) is 2. The first-order chi connectivity index (χ1) is 5.89. The van der Waals surface area contributed by atoms with Crippen molar-refractivity contribution in [2.45, 2.75) is 0 Å². The maximum atomic E-state index is 11.9. The lowest BCUT2D eigenvalue weighted by atomic mass is 10.4. The molecule has 0 fully saturated rings. The van der Waals surface area contributed by atoms with Crippen LogP contribution in [-0.2, 0) is 0 Å². The summed E-state index contributed by atoms with van der Waals surface area (Å²) in [6.07, 6.45) is 2.16. The summed E-state index contributed by atoms with van der Waals surface area (Å²) in [6, 6.07) is 7.94. The Kier molecular flexibility index (Phi) is 4.95. The highest BCUT2D eigenvalue weighted by molar-refractivity contribution is 8.78. The molecule has 0 saturated heterocycles. The molecule has 0 bridgehead atoms. The lowest BCUT2D eigenvalue weighted by molar-refractivity contribution is 0.628. The van der Waals surface area contributed by atoms with Crippen molar-refractivity contribution in [3.8, 4) is 0 Å². The van der Waals surface area contributed by atoms with E-state index in [1.165, 1.54) is 17.9 Å². The molecule has 0 nitrogen and oxygen atoms in total. The molecule has 0 aliphatic carbocycles. The van der Waals surface area contributed by atoms with E-state index in [9.17, 15) is 4.39 Å². The van der Waals surface area contributed by atoms with Crippen LogP contribution in [0.2, 0.25) is 0 Å². The van der Waals surface area contributed by atoms with Crippen molar-refractivity contribution in [1.82, 2.24) is 0 Å². The van der Waals surface area contributed by atoms with Gasteiger partial charge in [0, 0.05) is 5.75 Å². The highest BCUT2D eigenvalue weighted by Gasteiger charge is 1.85. The molecule has 0 N–H and O–H groups in total. The van der Waals surface area contributed by atoms with Crippen LogP contribution in [0.25, 0.3) is 0 Å². The minimum Gasteiger partial charge on any atom is -0.207 e. The molecule has 1 aliphatic rings. The summed E-state index contributed by atoms with van der Waals surface area (Å²) in [7, 11) is 3.69. The maximum Gasteiger partial charge on any atom is 0.123 e. The van der Waals surface area contributed by atoms with Crippen LogP contribution >= 0.6 is 21.6 Å². The van der Waals surface area contributed by atoms with Crippen molar-refractivity contribution >= 4 is 21.6 Å². The molecule has 1 heterocycles. The SMILES string of the molecule is C1=CSSC1.Fc1ccccc1. The summed E-state index contributed by atoms with van der Waals surface area (Å²) in [5.41, 5.74) is 0. The highest BCUT2D eigenvalue weighted by atomic mass is 33.1. The quantitative estimate of drug-likeness (QED) is 0.585. The first-order valence-corrected chi connectivity index (χ1v) is 5.91. The molecule has 0 radical (unpaired) electrons. The molecule has 64 valence electrons.